The number of nitrogens with one attached hydrogen (secondary N) is 1. The van der Waals surface area contributed by atoms with E-state index in [1.807, 2.05) is 0 Å². The van der Waals surface area contributed by atoms with Crippen LogP contribution in [0.1, 0.15) is 6.92 Å². The summed E-state index contributed by atoms with van der Waals surface area (Å²) in [7, 11) is 0. The first-order valence-corrected chi connectivity index (χ1v) is 8.71. The van der Waals surface area contributed by atoms with E-state index in [1.165, 1.54) is 16.7 Å². The molecule has 0 radical (unpaired) electrons. The van der Waals surface area contributed by atoms with Crippen molar-refractivity contribution in [3.8, 4) is 0 Å². The highest BCUT2D eigenvalue weighted by molar-refractivity contribution is 5.91. The number of cyclic esters (lactones) is 1. The second-order valence-electron chi connectivity index (χ2n) is 6.54. The molecule has 3 rings (SSSR count). The van der Waals surface area contributed by atoms with Crippen LogP contribution in [0.15, 0.2) is 12.1 Å². The topological polar surface area (TPSA) is 102 Å². The number of carbonyl (C=O) groups is 3. The Labute approximate surface area is 159 Å². The highest BCUT2D eigenvalue weighted by Gasteiger charge is 2.36. The molecule has 11 heteroatoms. The number of carboxylic acid groups (broad SMARTS) is 1. The van der Waals surface area contributed by atoms with Gasteiger partial charge in [0.2, 0.25) is 5.91 Å². The lowest BCUT2D eigenvalue weighted by molar-refractivity contribution is -0.119. The first-order chi connectivity index (χ1) is 13.3. The minimum atomic E-state index is -1.08. The molecule has 152 valence electrons. The summed E-state index contributed by atoms with van der Waals surface area (Å²) in [4.78, 5) is 37.8. The van der Waals surface area contributed by atoms with Crippen LogP contribution in [-0.2, 0) is 9.53 Å². The zero-order valence-corrected chi connectivity index (χ0v) is 15.2. The van der Waals surface area contributed by atoms with E-state index in [4.69, 9.17) is 9.84 Å². The second-order valence-corrected chi connectivity index (χ2v) is 6.54. The molecule has 0 spiro atoms. The predicted octanol–water partition coefficient (Wildman–Crippen LogP) is 1.23. The van der Waals surface area contributed by atoms with Gasteiger partial charge < -0.3 is 25.0 Å². The van der Waals surface area contributed by atoms with Gasteiger partial charge in [0.1, 0.15) is 17.6 Å². The fourth-order valence-corrected chi connectivity index (χ4v) is 3.23. The van der Waals surface area contributed by atoms with Crippen LogP contribution >= 0.6 is 0 Å². The van der Waals surface area contributed by atoms with E-state index in [1.54, 1.807) is 0 Å². The number of halogens is 2. The van der Waals surface area contributed by atoms with Crippen molar-refractivity contribution in [1.82, 2.24) is 10.2 Å². The fraction of sp³-hybridized carbons (Fsp3) is 0.471. The number of rotatable bonds is 4. The number of piperazine rings is 1. The van der Waals surface area contributed by atoms with E-state index in [-0.39, 0.29) is 56.6 Å². The van der Waals surface area contributed by atoms with Gasteiger partial charge in [-0.05, 0) is 12.1 Å². The quantitative estimate of drug-likeness (QED) is 0.791. The van der Waals surface area contributed by atoms with Crippen molar-refractivity contribution >= 4 is 29.5 Å². The van der Waals surface area contributed by atoms with Crippen LogP contribution in [0.4, 0.5) is 29.7 Å². The Morgan fingerprint density at radius 1 is 1.25 bits per heavy atom. The summed E-state index contributed by atoms with van der Waals surface area (Å²) in [5, 5.41) is 11.5. The van der Waals surface area contributed by atoms with Crippen molar-refractivity contribution < 1.29 is 33.0 Å². The van der Waals surface area contributed by atoms with Gasteiger partial charge in [-0.2, -0.15) is 0 Å². The molecule has 2 aliphatic rings. The van der Waals surface area contributed by atoms with E-state index in [0.29, 0.717) is 0 Å². The molecule has 2 aliphatic heterocycles. The van der Waals surface area contributed by atoms with Gasteiger partial charge in [0, 0.05) is 33.1 Å². The highest BCUT2D eigenvalue weighted by Crippen LogP contribution is 2.34. The number of anilines is 2. The van der Waals surface area contributed by atoms with Crippen LogP contribution < -0.4 is 15.1 Å². The van der Waals surface area contributed by atoms with Crippen LogP contribution in [0.25, 0.3) is 0 Å². The molecule has 1 aromatic rings. The Bertz CT molecular complexity index is 798. The van der Waals surface area contributed by atoms with Gasteiger partial charge in [-0.1, -0.05) is 0 Å². The largest absolute Gasteiger partial charge is 0.465 e. The molecule has 1 aromatic carbocycles. The molecule has 0 bridgehead atoms. The van der Waals surface area contributed by atoms with E-state index in [2.05, 4.69) is 5.32 Å². The first kappa shape index (κ1) is 19.6. The average molecular weight is 398 g/mol. The van der Waals surface area contributed by atoms with Crippen molar-refractivity contribution in [2.75, 3.05) is 49.1 Å². The van der Waals surface area contributed by atoms with E-state index in [0.717, 1.165) is 17.0 Å². The van der Waals surface area contributed by atoms with E-state index < -0.39 is 29.9 Å². The summed E-state index contributed by atoms with van der Waals surface area (Å²) in [5.41, 5.74) is -0.437. The van der Waals surface area contributed by atoms with Crippen molar-refractivity contribution in [1.29, 1.82) is 0 Å². The fourth-order valence-electron chi connectivity index (χ4n) is 3.23. The Morgan fingerprint density at radius 3 is 2.54 bits per heavy atom. The van der Waals surface area contributed by atoms with Gasteiger partial charge in [0.05, 0.1) is 18.8 Å². The first-order valence-electron chi connectivity index (χ1n) is 8.71. The van der Waals surface area contributed by atoms with Gasteiger partial charge in [0.25, 0.3) is 0 Å². The van der Waals surface area contributed by atoms with Crippen molar-refractivity contribution in [3.05, 3.63) is 23.8 Å². The third-order valence-corrected chi connectivity index (χ3v) is 4.66. The molecule has 0 aliphatic carbocycles. The molecule has 2 N–H and O–H groups in total. The van der Waals surface area contributed by atoms with E-state index >= 15 is 4.39 Å². The molecule has 9 nitrogen and oxygen atoms in total. The molecule has 0 saturated carbocycles. The Kier molecular flexibility index (Phi) is 5.52. The van der Waals surface area contributed by atoms with E-state index in [9.17, 15) is 18.8 Å². The molecular weight excluding hydrogens is 378 g/mol. The van der Waals surface area contributed by atoms with Crippen LogP contribution in [0, 0.1) is 11.6 Å². The van der Waals surface area contributed by atoms with Crippen LogP contribution in [0.3, 0.4) is 0 Å². The van der Waals surface area contributed by atoms with Gasteiger partial charge in [-0.15, -0.1) is 0 Å². The monoisotopic (exact) mass is 398 g/mol. The van der Waals surface area contributed by atoms with Gasteiger partial charge >= 0.3 is 12.2 Å². The molecule has 1 unspecified atom stereocenters. The Morgan fingerprint density at radius 2 is 1.93 bits per heavy atom. The summed E-state index contributed by atoms with van der Waals surface area (Å²) < 4.78 is 34.6. The third-order valence-electron chi connectivity index (χ3n) is 4.66. The molecule has 2 saturated heterocycles. The summed E-state index contributed by atoms with van der Waals surface area (Å²) in [6, 6.07) is 2.22. The second kappa shape index (κ2) is 7.87. The number of carbonyl (C=O) groups excluding carboxylic acids is 2. The maximum Gasteiger partial charge on any atom is 0.414 e. The minimum absolute atomic E-state index is 0.00784. The number of benzene rings is 1. The lowest BCUT2D eigenvalue weighted by Crippen LogP contribution is -2.49. The molecule has 3 amide bonds. The molecular formula is C17H20F2N4O5. The normalized spacial score (nSPS) is 19.6. The number of hydrogen-bond acceptors (Lipinski definition) is 5. The van der Waals surface area contributed by atoms with Crippen LogP contribution in [0.2, 0.25) is 0 Å². The van der Waals surface area contributed by atoms with Crippen LogP contribution in [0.5, 0.6) is 0 Å². The SMILES string of the molecule is CC(=O)NCC1CN(c2ccc(F)c(N3CCN(C(=O)O)CC3)c2F)C(=O)O1. The van der Waals surface area contributed by atoms with Crippen molar-refractivity contribution in [3.63, 3.8) is 0 Å². The zero-order valence-electron chi connectivity index (χ0n) is 15.2. The lowest BCUT2D eigenvalue weighted by Gasteiger charge is -2.35. The van der Waals surface area contributed by atoms with Crippen LogP contribution in [-0.4, -0.2) is 73.5 Å². The number of amides is 3. The maximum absolute atomic E-state index is 15.1. The molecule has 0 aromatic heterocycles. The molecule has 28 heavy (non-hydrogen) atoms. The minimum Gasteiger partial charge on any atom is -0.465 e. The number of nitrogens with zero attached hydrogens (tertiary/aromatic N) is 3. The summed E-state index contributed by atoms with van der Waals surface area (Å²) in [6.07, 6.45) is -2.52. The van der Waals surface area contributed by atoms with Gasteiger partial charge in [-0.25, -0.2) is 18.4 Å². The van der Waals surface area contributed by atoms with Gasteiger partial charge in [0.15, 0.2) is 5.82 Å². The maximum atomic E-state index is 15.1. The Hall–Kier alpha value is -3.11. The third kappa shape index (κ3) is 3.92. The predicted molar refractivity (Wildman–Crippen MR) is 94.5 cm³/mol. The Balaban J connectivity index is 1.79. The zero-order chi connectivity index (χ0) is 20.4. The lowest BCUT2D eigenvalue weighted by atomic mass is 10.2. The molecule has 1 atom stereocenters. The summed E-state index contributed by atoms with van der Waals surface area (Å²) in [6.45, 7) is 1.90. The van der Waals surface area contributed by atoms with Crippen molar-refractivity contribution in [2.24, 2.45) is 0 Å². The summed E-state index contributed by atoms with van der Waals surface area (Å²) >= 11 is 0. The molecule has 2 fully saturated rings. The molecule has 2 heterocycles. The smallest absolute Gasteiger partial charge is 0.414 e. The van der Waals surface area contributed by atoms with Crippen molar-refractivity contribution in [2.45, 2.75) is 13.0 Å². The van der Waals surface area contributed by atoms with Gasteiger partial charge in [-0.3, -0.25) is 9.69 Å². The average Bonchev–Trinajstić information content (AvgIpc) is 3.01. The standard InChI is InChI=1S/C17H20F2N4O5/c1-10(24)20-8-11-9-23(17(27)28-11)13-3-2-12(18)15(14(13)19)21-4-6-22(7-5-21)16(25)26/h2-3,11H,4-9H2,1H3,(H,20,24)(H,25,26). The highest BCUT2D eigenvalue weighted by atomic mass is 19.1. The number of ether oxygens (including phenoxy) is 1. The summed E-state index contributed by atoms with van der Waals surface area (Å²) in [5.74, 6) is -2.00. The number of hydrogen-bond donors (Lipinski definition) is 2.